The zero-order valence-corrected chi connectivity index (χ0v) is 9.67. The SMILES string of the molecule is CCc1ccc(NCC(C)(C)O)c(N)c1. The Labute approximate surface area is 91.3 Å². The van der Waals surface area contributed by atoms with E-state index in [0.29, 0.717) is 6.54 Å². The minimum atomic E-state index is -0.726. The van der Waals surface area contributed by atoms with E-state index in [4.69, 9.17) is 5.73 Å². The van der Waals surface area contributed by atoms with E-state index in [9.17, 15) is 5.11 Å². The first-order valence-electron chi connectivity index (χ1n) is 5.27. The van der Waals surface area contributed by atoms with Crippen LogP contribution in [0.25, 0.3) is 0 Å². The highest BCUT2D eigenvalue weighted by atomic mass is 16.3. The van der Waals surface area contributed by atoms with Gasteiger partial charge in [-0.25, -0.2) is 0 Å². The fraction of sp³-hybridized carbons (Fsp3) is 0.500. The molecule has 0 heterocycles. The van der Waals surface area contributed by atoms with Gasteiger partial charge in [-0.05, 0) is 38.0 Å². The second kappa shape index (κ2) is 4.53. The van der Waals surface area contributed by atoms with Crippen molar-refractivity contribution in [3.8, 4) is 0 Å². The Hall–Kier alpha value is -1.22. The molecule has 0 radical (unpaired) electrons. The zero-order chi connectivity index (χ0) is 11.5. The summed E-state index contributed by atoms with van der Waals surface area (Å²) in [5.41, 5.74) is 8.00. The Kier molecular flexibility index (Phi) is 3.58. The van der Waals surface area contributed by atoms with Crippen molar-refractivity contribution in [2.24, 2.45) is 0 Å². The minimum absolute atomic E-state index is 0.489. The van der Waals surface area contributed by atoms with Crippen molar-refractivity contribution in [1.82, 2.24) is 0 Å². The van der Waals surface area contributed by atoms with Crippen LogP contribution in [0.5, 0.6) is 0 Å². The van der Waals surface area contributed by atoms with Crippen LogP contribution in [0.3, 0.4) is 0 Å². The third kappa shape index (κ3) is 3.80. The maximum atomic E-state index is 9.57. The lowest BCUT2D eigenvalue weighted by molar-refractivity contribution is 0.0945. The minimum Gasteiger partial charge on any atom is -0.397 e. The number of nitrogens with one attached hydrogen (secondary N) is 1. The Morgan fingerprint density at radius 1 is 1.40 bits per heavy atom. The fourth-order valence-electron chi connectivity index (χ4n) is 1.30. The number of aryl methyl sites for hydroxylation is 1. The predicted octanol–water partition coefficient (Wildman–Crippen LogP) is 2.01. The van der Waals surface area contributed by atoms with Crippen LogP contribution >= 0.6 is 0 Å². The van der Waals surface area contributed by atoms with Crippen molar-refractivity contribution >= 4 is 11.4 Å². The molecular weight excluding hydrogens is 188 g/mol. The summed E-state index contributed by atoms with van der Waals surface area (Å²) in [6.45, 7) is 6.11. The molecule has 0 aliphatic rings. The third-order valence-corrected chi connectivity index (χ3v) is 2.24. The monoisotopic (exact) mass is 208 g/mol. The molecule has 0 saturated carbocycles. The van der Waals surface area contributed by atoms with Crippen LogP contribution in [0.1, 0.15) is 26.3 Å². The average Bonchev–Trinajstić information content (AvgIpc) is 2.14. The number of aliphatic hydroxyl groups is 1. The number of hydrogen-bond acceptors (Lipinski definition) is 3. The topological polar surface area (TPSA) is 58.3 Å². The highest BCUT2D eigenvalue weighted by molar-refractivity contribution is 5.67. The molecule has 0 fully saturated rings. The van der Waals surface area contributed by atoms with Crippen molar-refractivity contribution in [3.63, 3.8) is 0 Å². The number of rotatable bonds is 4. The van der Waals surface area contributed by atoms with E-state index in [1.165, 1.54) is 5.56 Å². The quantitative estimate of drug-likeness (QED) is 0.663. The number of benzene rings is 1. The van der Waals surface area contributed by atoms with E-state index in [1.807, 2.05) is 18.2 Å². The summed E-state index contributed by atoms with van der Waals surface area (Å²) in [4.78, 5) is 0. The lowest BCUT2D eigenvalue weighted by Gasteiger charge is -2.19. The van der Waals surface area contributed by atoms with Gasteiger partial charge in [0.15, 0.2) is 0 Å². The van der Waals surface area contributed by atoms with Gasteiger partial charge in [-0.15, -0.1) is 0 Å². The van der Waals surface area contributed by atoms with Gasteiger partial charge in [0.05, 0.1) is 17.0 Å². The standard InChI is InChI=1S/C12H20N2O/c1-4-9-5-6-11(10(13)7-9)14-8-12(2,3)15/h5-7,14-15H,4,8,13H2,1-3H3. The fourth-order valence-corrected chi connectivity index (χ4v) is 1.30. The van der Waals surface area contributed by atoms with Crippen molar-refractivity contribution in [2.45, 2.75) is 32.8 Å². The molecule has 1 aromatic rings. The van der Waals surface area contributed by atoms with Crippen LogP contribution < -0.4 is 11.1 Å². The van der Waals surface area contributed by atoms with E-state index < -0.39 is 5.60 Å². The molecule has 4 N–H and O–H groups in total. The van der Waals surface area contributed by atoms with Gasteiger partial charge in [0, 0.05) is 6.54 Å². The van der Waals surface area contributed by atoms with Crippen LogP contribution in [0, 0.1) is 0 Å². The molecule has 0 aliphatic carbocycles. The van der Waals surface area contributed by atoms with Crippen LogP contribution in [-0.2, 0) is 6.42 Å². The normalized spacial score (nSPS) is 11.5. The van der Waals surface area contributed by atoms with Crippen molar-refractivity contribution < 1.29 is 5.11 Å². The highest BCUT2D eigenvalue weighted by Gasteiger charge is 2.12. The Balaban J connectivity index is 2.70. The lowest BCUT2D eigenvalue weighted by Crippen LogP contribution is -2.29. The molecule has 0 aromatic heterocycles. The number of nitrogens with two attached hydrogens (primary N) is 1. The molecule has 84 valence electrons. The molecule has 1 rings (SSSR count). The summed E-state index contributed by atoms with van der Waals surface area (Å²) in [5, 5.41) is 12.7. The molecule has 0 atom stereocenters. The second-order valence-electron chi connectivity index (χ2n) is 4.44. The van der Waals surface area contributed by atoms with Crippen molar-refractivity contribution in [1.29, 1.82) is 0 Å². The smallest absolute Gasteiger partial charge is 0.0763 e. The number of hydrogen-bond donors (Lipinski definition) is 3. The molecule has 3 nitrogen and oxygen atoms in total. The van der Waals surface area contributed by atoms with E-state index in [1.54, 1.807) is 13.8 Å². The summed E-state index contributed by atoms with van der Waals surface area (Å²) < 4.78 is 0. The predicted molar refractivity (Wildman–Crippen MR) is 65.0 cm³/mol. The molecule has 0 bridgehead atoms. The second-order valence-corrected chi connectivity index (χ2v) is 4.44. The largest absolute Gasteiger partial charge is 0.397 e. The first-order valence-corrected chi connectivity index (χ1v) is 5.27. The van der Waals surface area contributed by atoms with Crippen molar-refractivity contribution in [2.75, 3.05) is 17.6 Å². The summed E-state index contributed by atoms with van der Waals surface area (Å²) >= 11 is 0. The van der Waals surface area contributed by atoms with Gasteiger partial charge in [-0.1, -0.05) is 13.0 Å². The van der Waals surface area contributed by atoms with Crippen LogP contribution in [0.15, 0.2) is 18.2 Å². The Morgan fingerprint density at radius 2 is 2.07 bits per heavy atom. The summed E-state index contributed by atoms with van der Waals surface area (Å²) in [6, 6.07) is 5.97. The molecule has 0 aliphatic heterocycles. The van der Waals surface area contributed by atoms with Gasteiger partial charge >= 0.3 is 0 Å². The average molecular weight is 208 g/mol. The molecule has 0 unspecified atom stereocenters. The lowest BCUT2D eigenvalue weighted by atomic mass is 10.1. The van der Waals surface area contributed by atoms with Gasteiger partial charge in [0.25, 0.3) is 0 Å². The first kappa shape index (κ1) is 11.9. The summed E-state index contributed by atoms with van der Waals surface area (Å²) in [7, 11) is 0. The van der Waals surface area contributed by atoms with E-state index in [2.05, 4.69) is 12.2 Å². The van der Waals surface area contributed by atoms with Crippen molar-refractivity contribution in [3.05, 3.63) is 23.8 Å². The maximum Gasteiger partial charge on any atom is 0.0763 e. The summed E-state index contributed by atoms with van der Waals surface area (Å²) in [6.07, 6.45) is 0.982. The molecule has 15 heavy (non-hydrogen) atoms. The van der Waals surface area contributed by atoms with Gasteiger partial charge < -0.3 is 16.2 Å². The molecule has 1 aromatic carbocycles. The van der Waals surface area contributed by atoms with Gasteiger partial charge in [0.2, 0.25) is 0 Å². The highest BCUT2D eigenvalue weighted by Crippen LogP contribution is 2.20. The Bertz CT molecular complexity index is 329. The van der Waals surface area contributed by atoms with Crippen LogP contribution in [-0.4, -0.2) is 17.3 Å². The van der Waals surface area contributed by atoms with Gasteiger partial charge in [-0.2, -0.15) is 0 Å². The summed E-state index contributed by atoms with van der Waals surface area (Å²) in [5.74, 6) is 0. The molecule has 0 amide bonds. The first-order chi connectivity index (χ1) is 6.92. The number of nitrogen functional groups attached to an aromatic ring is 1. The molecule has 0 spiro atoms. The Morgan fingerprint density at radius 3 is 2.53 bits per heavy atom. The zero-order valence-electron chi connectivity index (χ0n) is 9.67. The van der Waals surface area contributed by atoms with E-state index in [0.717, 1.165) is 17.8 Å². The van der Waals surface area contributed by atoms with Crippen LogP contribution in [0.2, 0.25) is 0 Å². The maximum absolute atomic E-state index is 9.57. The molecular formula is C12H20N2O. The third-order valence-electron chi connectivity index (χ3n) is 2.24. The van der Waals surface area contributed by atoms with Crippen LogP contribution in [0.4, 0.5) is 11.4 Å². The molecule has 3 heteroatoms. The van der Waals surface area contributed by atoms with Gasteiger partial charge in [-0.3, -0.25) is 0 Å². The van der Waals surface area contributed by atoms with Gasteiger partial charge in [0.1, 0.15) is 0 Å². The van der Waals surface area contributed by atoms with E-state index >= 15 is 0 Å². The number of anilines is 2. The molecule has 0 saturated heterocycles. The van der Waals surface area contributed by atoms with E-state index in [-0.39, 0.29) is 0 Å².